The van der Waals surface area contributed by atoms with E-state index in [1.54, 1.807) is 0 Å². The number of nitrogens with one attached hydrogen (secondary N) is 1. The van der Waals surface area contributed by atoms with E-state index in [1.807, 2.05) is 0 Å². The molecule has 0 radical (unpaired) electrons. The Bertz CT molecular complexity index is 354. The topological polar surface area (TPSA) is 66.0 Å². The zero-order valence-electron chi connectivity index (χ0n) is 6.67. The fourth-order valence-corrected chi connectivity index (χ4v) is 0.675. The van der Waals surface area contributed by atoms with E-state index < -0.39 is 17.7 Å². The van der Waals surface area contributed by atoms with E-state index in [0.717, 1.165) is 12.4 Å². The van der Waals surface area contributed by atoms with Crippen LogP contribution < -0.4 is 0 Å². The molecule has 0 saturated heterocycles. The van der Waals surface area contributed by atoms with Crippen molar-refractivity contribution in [1.82, 2.24) is 10.2 Å². The Kier molecular flexibility index (Phi) is 2.59. The Morgan fingerprint density at radius 3 is 2.64 bits per heavy atom. The number of aliphatic hydroxyl groups excluding tert-OH is 1. The molecule has 14 heavy (non-hydrogen) atoms. The number of aromatic nitrogens is 2. The lowest BCUT2D eigenvalue weighted by Gasteiger charge is -2.02. The van der Waals surface area contributed by atoms with Crippen LogP contribution in [0.15, 0.2) is 24.2 Å². The molecule has 4 nitrogen and oxygen atoms in total. The van der Waals surface area contributed by atoms with Crippen LogP contribution >= 0.6 is 0 Å². The van der Waals surface area contributed by atoms with Gasteiger partial charge in [0, 0.05) is 12.3 Å². The first-order valence-corrected chi connectivity index (χ1v) is 3.42. The standard InChI is InChI=1S/C7H5F3N2O2/c8-7(9,10)6(14)1-5(13)4-2-11-12-3-4/h1-3,14H,(H,11,12). The third-order valence-electron chi connectivity index (χ3n) is 1.34. The number of hydrogen-bond donors (Lipinski definition) is 2. The zero-order chi connectivity index (χ0) is 10.8. The third-order valence-corrected chi connectivity index (χ3v) is 1.34. The maximum Gasteiger partial charge on any atom is 0.448 e. The summed E-state index contributed by atoms with van der Waals surface area (Å²) in [5, 5.41) is 14.1. The predicted octanol–water partition coefficient (Wildman–Crippen LogP) is 1.60. The molecule has 0 aliphatic carbocycles. The Labute approximate surface area is 76.1 Å². The Balaban J connectivity index is 2.84. The Morgan fingerprint density at radius 1 is 1.57 bits per heavy atom. The molecule has 1 rings (SSSR count). The van der Waals surface area contributed by atoms with Crippen LogP contribution in [-0.4, -0.2) is 27.3 Å². The van der Waals surface area contributed by atoms with Gasteiger partial charge in [0.1, 0.15) is 0 Å². The molecule has 7 heteroatoms. The van der Waals surface area contributed by atoms with Gasteiger partial charge in [-0.05, 0) is 0 Å². The summed E-state index contributed by atoms with van der Waals surface area (Å²) < 4.78 is 35.3. The van der Waals surface area contributed by atoms with Gasteiger partial charge in [-0.15, -0.1) is 0 Å². The van der Waals surface area contributed by atoms with Gasteiger partial charge < -0.3 is 5.11 Å². The summed E-state index contributed by atoms with van der Waals surface area (Å²) in [5.74, 6) is -2.89. The summed E-state index contributed by atoms with van der Waals surface area (Å²) in [6.07, 6.45) is -2.62. The highest BCUT2D eigenvalue weighted by molar-refractivity contribution is 6.04. The molecular weight excluding hydrogens is 201 g/mol. The molecular formula is C7H5F3N2O2. The summed E-state index contributed by atoms with van der Waals surface area (Å²) >= 11 is 0. The van der Waals surface area contributed by atoms with E-state index in [-0.39, 0.29) is 11.6 Å². The first-order chi connectivity index (χ1) is 6.41. The quantitative estimate of drug-likeness (QED) is 0.438. The molecule has 2 N–H and O–H groups in total. The molecule has 0 aliphatic heterocycles. The fourth-order valence-electron chi connectivity index (χ4n) is 0.675. The van der Waals surface area contributed by atoms with E-state index in [9.17, 15) is 18.0 Å². The highest BCUT2D eigenvalue weighted by Crippen LogP contribution is 2.23. The van der Waals surface area contributed by atoms with Crippen molar-refractivity contribution in [1.29, 1.82) is 0 Å². The molecule has 0 spiro atoms. The van der Waals surface area contributed by atoms with Crippen LogP contribution in [0.3, 0.4) is 0 Å². The maximum atomic E-state index is 11.8. The average Bonchev–Trinajstić information content (AvgIpc) is 2.53. The second-order valence-electron chi connectivity index (χ2n) is 2.38. The number of alkyl halides is 3. The number of carbonyl (C=O) groups excluding carboxylic acids is 1. The van der Waals surface area contributed by atoms with E-state index in [1.165, 1.54) is 0 Å². The van der Waals surface area contributed by atoms with E-state index in [4.69, 9.17) is 5.11 Å². The molecule has 1 heterocycles. The predicted molar refractivity (Wildman–Crippen MR) is 39.7 cm³/mol. The molecule has 0 saturated carbocycles. The number of aromatic amines is 1. The first kappa shape index (κ1) is 10.3. The summed E-state index contributed by atoms with van der Waals surface area (Å²) in [4.78, 5) is 11.0. The SMILES string of the molecule is O=C(C=C(O)C(F)(F)F)c1cn[nH]c1. The van der Waals surface area contributed by atoms with Gasteiger partial charge in [0.05, 0.1) is 11.8 Å². The van der Waals surface area contributed by atoms with Crippen LogP contribution in [0, 0.1) is 0 Å². The average molecular weight is 206 g/mol. The van der Waals surface area contributed by atoms with E-state index in [0.29, 0.717) is 0 Å². The molecule has 1 aromatic heterocycles. The van der Waals surface area contributed by atoms with E-state index >= 15 is 0 Å². The van der Waals surface area contributed by atoms with Crippen LogP contribution in [0.25, 0.3) is 0 Å². The number of hydrogen-bond acceptors (Lipinski definition) is 3. The smallest absolute Gasteiger partial charge is 0.448 e. The number of halogens is 3. The molecule has 76 valence electrons. The van der Waals surface area contributed by atoms with Crippen LogP contribution in [0.5, 0.6) is 0 Å². The van der Waals surface area contributed by atoms with Gasteiger partial charge in [-0.3, -0.25) is 9.89 Å². The monoisotopic (exact) mass is 206 g/mol. The number of carbonyl (C=O) groups is 1. The Morgan fingerprint density at radius 2 is 2.21 bits per heavy atom. The summed E-state index contributed by atoms with van der Waals surface area (Å²) in [6.45, 7) is 0. The Hall–Kier alpha value is -1.79. The minimum atomic E-state index is -4.90. The van der Waals surface area contributed by atoms with Gasteiger partial charge in [0.15, 0.2) is 5.78 Å². The molecule has 0 amide bonds. The van der Waals surface area contributed by atoms with Crippen molar-refractivity contribution in [2.45, 2.75) is 6.18 Å². The first-order valence-electron chi connectivity index (χ1n) is 3.42. The molecule has 0 unspecified atom stereocenters. The lowest BCUT2D eigenvalue weighted by atomic mass is 10.2. The van der Waals surface area contributed by atoms with Crippen LogP contribution in [0.2, 0.25) is 0 Å². The van der Waals surface area contributed by atoms with Gasteiger partial charge >= 0.3 is 6.18 Å². The second-order valence-corrected chi connectivity index (χ2v) is 2.38. The molecule has 0 bridgehead atoms. The third kappa shape index (κ3) is 2.35. The van der Waals surface area contributed by atoms with E-state index in [2.05, 4.69) is 10.2 Å². The number of aliphatic hydroxyl groups is 1. The van der Waals surface area contributed by atoms with Gasteiger partial charge in [0.2, 0.25) is 5.76 Å². The normalized spacial score (nSPS) is 12.9. The number of ketones is 1. The highest BCUT2D eigenvalue weighted by atomic mass is 19.4. The van der Waals surface area contributed by atoms with Crippen LogP contribution in [0.4, 0.5) is 13.2 Å². The van der Waals surface area contributed by atoms with Crippen molar-refractivity contribution in [2.24, 2.45) is 0 Å². The zero-order valence-corrected chi connectivity index (χ0v) is 6.67. The van der Waals surface area contributed by atoms with Crippen molar-refractivity contribution in [3.05, 3.63) is 29.8 Å². The lowest BCUT2D eigenvalue weighted by Crippen LogP contribution is -2.12. The molecule has 1 aromatic rings. The van der Waals surface area contributed by atoms with Crippen molar-refractivity contribution in [3.8, 4) is 0 Å². The summed E-state index contributed by atoms with van der Waals surface area (Å²) in [7, 11) is 0. The number of nitrogens with zero attached hydrogens (tertiary/aromatic N) is 1. The van der Waals surface area contributed by atoms with Crippen LogP contribution in [0.1, 0.15) is 10.4 Å². The van der Waals surface area contributed by atoms with Crippen molar-refractivity contribution in [2.75, 3.05) is 0 Å². The number of allylic oxidation sites excluding steroid dienone is 2. The molecule has 0 aromatic carbocycles. The molecule has 0 atom stereocenters. The highest BCUT2D eigenvalue weighted by Gasteiger charge is 2.34. The lowest BCUT2D eigenvalue weighted by molar-refractivity contribution is -0.120. The maximum absolute atomic E-state index is 11.8. The molecule has 0 fully saturated rings. The van der Waals surface area contributed by atoms with Crippen molar-refractivity contribution < 1.29 is 23.1 Å². The van der Waals surface area contributed by atoms with Gasteiger partial charge in [0.25, 0.3) is 0 Å². The summed E-state index contributed by atoms with van der Waals surface area (Å²) in [6, 6.07) is 0. The molecule has 0 aliphatic rings. The number of rotatable bonds is 2. The van der Waals surface area contributed by atoms with Gasteiger partial charge in [-0.1, -0.05) is 0 Å². The summed E-state index contributed by atoms with van der Waals surface area (Å²) in [5.41, 5.74) is -0.0548. The minimum absolute atomic E-state index is 0.0548. The van der Waals surface area contributed by atoms with Gasteiger partial charge in [-0.2, -0.15) is 18.3 Å². The van der Waals surface area contributed by atoms with Crippen molar-refractivity contribution >= 4 is 5.78 Å². The van der Waals surface area contributed by atoms with Gasteiger partial charge in [-0.25, -0.2) is 0 Å². The second kappa shape index (κ2) is 3.52. The largest absolute Gasteiger partial charge is 0.504 e. The number of H-pyrrole nitrogens is 1. The minimum Gasteiger partial charge on any atom is -0.504 e. The van der Waals surface area contributed by atoms with Crippen LogP contribution in [-0.2, 0) is 0 Å². The van der Waals surface area contributed by atoms with Crippen molar-refractivity contribution in [3.63, 3.8) is 0 Å². The fraction of sp³-hybridized carbons (Fsp3) is 0.143.